The van der Waals surface area contributed by atoms with E-state index in [1.807, 2.05) is 11.8 Å². The van der Waals surface area contributed by atoms with E-state index in [2.05, 4.69) is 23.7 Å². The summed E-state index contributed by atoms with van der Waals surface area (Å²) >= 11 is 1.96. The Bertz CT molecular complexity index is 485. The third kappa shape index (κ3) is 3.17. The maximum absolute atomic E-state index is 11.9. The maximum Gasteiger partial charge on any atom is 0.340 e. The highest BCUT2D eigenvalue weighted by Crippen LogP contribution is 2.31. The molecule has 1 saturated heterocycles. The van der Waals surface area contributed by atoms with Crippen LogP contribution in [0.15, 0.2) is 12.3 Å². The second-order valence-corrected chi connectivity index (χ2v) is 6.86. The van der Waals surface area contributed by atoms with Crippen LogP contribution in [-0.4, -0.2) is 41.1 Å². The van der Waals surface area contributed by atoms with E-state index in [0.29, 0.717) is 34.2 Å². The molecule has 0 aliphatic carbocycles. The van der Waals surface area contributed by atoms with Gasteiger partial charge >= 0.3 is 5.97 Å². The third-order valence-electron chi connectivity index (χ3n) is 3.18. The molecule has 2 atom stereocenters. The summed E-state index contributed by atoms with van der Waals surface area (Å²) in [6.45, 7) is 8.28. The number of pyridine rings is 1. The SMILES string of the molecule is CCOC(=O)c1ccnc(N2CC(C)SC(C)C2)c1N. The molecule has 0 bridgehead atoms. The average molecular weight is 295 g/mol. The fourth-order valence-corrected chi connectivity index (χ4v) is 3.78. The van der Waals surface area contributed by atoms with Crippen molar-refractivity contribution >= 4 is 29.2 Å². The molecule has 1 fully saturated rings. The minimum absolute atomic E-state index is 0.338. The number of anilines is 2. The van der Waals surface area contributed by atoms with Crippen LogP contribution in [0, 0.1) is 0 Å². The number of carbonyl (C=O) groups is 1. The zero-order chi connectivity index (χ0) is 14.7. The number of nitrogen functional groups attached to an aromatic ring is 1. The van der Waals surface area contributed by atoms with E-state index in [0.717, 1.165) is 13.1 Å². The fourth-order valence-electron chi connectivity index (χ4n) is 2.45. The van der Waals surface area contributed by atoms with Gasteiger partial charge in [0.05, 0.1) is 17.9 Å². The molecule has 0 spiro atoms. The second-order valence-electron chi connectivity index (χ2n) is 4.98. The molecule has 0 radical (unpaired) electrons. The van der Waals surface area contributed by atoms with Crippen LogP contribution >= 0.6 is 11.8 Å². The van der Waals surface area contributed by atoms with E-state index < -0.39 is 0 Å². The Morgan fingerprint density at radius 2 is 2.15 bits per heavy atom. The summed E-state index contributed by atoms with van der Waals surface area (Å²) < 4.78 is 5.02. The molecule has 1 aromatic heterocycles. The van der Waals surface area contributed by atoms with Crippen molar-refractivity contribution in [1.82, 2.24) is 4.98 Å². The van der Waals surface area contributed by atoms with Gasteiger partial charge in [-0.1, -0.05) is 13.8 Å². The van der Waals surface area contributed by atoms with Crippen LogP contribution in [0.1, 0.15) is 31.1 Å². The first kappa shape index (κ1) is 15.0. The summed E-state index contributed by atoms with van der Waals surface area (Å²) in [6.07, 6.45) is 1.62. The van der Waals surface area contributed by atoms with Crippen molar-refractivity contribution in [3.8, 4) is 0 Å². The molecule has 1 aliphatic rings. The number of aromatic nitrogens is 1. The minimum atomic E-state index is -0.388. The van der Waals surface area contributed by atoms with Gasteiger partial charge in [0, 0.05) is 29.8 Å². The van der Waals surface area contributed by atoms with E-state index in [1.165, 1.54) is 0 Å². The summed E-state index contributed by atoms with van der Waals surface area (Å²) in [7, 11) is 0. The van der Waals surface area contributed by atoms with Gasteiger partial charge in [0.2, 0.25) is 0 Å². The van der Waals surface area contributed by atoms with E-state index >= 15 is 0 Å². The highest BCUT2D eigenvalue weighted by Gasteiger charge is 2.26. The van der Waals surface area contributed by atoms with Gasteiger partial charge in [-0.25, -0.2) is 9.78 Å². The molecule has 0 saturated carbocycles. The molecule has 2 rings (SSSR count). The molecular formula is C14H21N3O2S. The van der Waals surface area contributed by atoms with Gasteiger partial charge in [-0.3, -0.25) is 0 Å². The largest absolute Gasteiger partial charge is 0.462 e. The number of hydrogen-bond acceptors (Lipinski definition) is 6. The van der Waals surface area contributed by atoms with E-state index in [-0.39, 0.29) is 5.97 Å². The van der Waals surface area contributed by atoms with Crippen molar-refractivity contribution in [1.29, 1.82) is 0 Å². The minimum Gasteiger partial charge on any atom is -0.462 e. The molecule has 5 nitrogen and oxygen atoms in total. The van der Waals surface area contributed by atoms with Crippen molar-refractivity contribution in [2.75, 3.05) is 30.3 Å². The van der Waals surface area contributed by atoms with Crippen LogP contribution < -0.4 is 10.6 Å². The van der Waals surface area contributed by atoms with Gasteiger partial charge < -0.3 is 15.4 Å². The molecule has 2 N–H and O–H groups in total. The van der Waals surface area contributed by atoms with Crippen LogP contribution in [0.2, 0.25) is 0 Å². The maximum atomic E-state index is 11.9. The first-order chi connectivity index (χ1) is 9.52. The van der Waals surface area contributed by atoms with Gasteiger partial charge in [0.25, 0.3) is 0 Å². The monoisotopic (exact) mass is 295 g/mol. The Balaban J connectivity index is 2.28. The van der Waals surface area contributed by atoms with Crippen LogP contribution in [0.3, 0.4) is 0 Å². The molecule has 0 aromatic carbocycles. The van der Waals surface area contributed by atoms with Crippen LogP contribution in [0.5, 0.6) is 0 Å². The van der Waals surface area contributed by atoms with Gasteiger partial charge in [-0.05, 0) is 13.0 Å². The molecule has 1 aliphatic heterocycles. The summed E-state index contributed by atoms with van der Waals surface area (Å²) in [5.74, 6) is 0.302. The smallest absolute Gasteiger partial charge is 0.340 e. The predicted octanol–water partition coefficient (Wildman–Crippen LogP) is 2.17. The number of carbonyl (C=O) groups excluding carboxylic acids is 1. The normalized spacial score (nSPS) is 22.6. The summed E-state index contributed by atoms with van der Waals surface area (Å²) in [4.78, 5) is 18.4. The lowest BCUT2D eigenvalue weighted by atomic mass is 10.2. The predicted molar refractivity (Wildman–Crippen MR) is 83.3 cm³/mol. The Labute approximate surface area is 123 Å². The van der Waals surface area contributed by atoms with Crippen LogP contribution in [-0.2, 0) is 4.74 Å². The Morgan fingerprint density at radius 1 is 1.50 bits per heavy atom. The molecule has 6 heteroatoms. The number of nitrogens with two attached hydrogens (primary N) is 1. The molecule has 110 valence electrons. The van der Waals surface area contributed by atoms with E-state index in [1.54, 1.807) is 19.2 Å². The molecule has 20 heavy (non-hydrogen) atoms. The lowest BCUT2D eigenvalue weighted by molar-refractivity contribution is 0.0527. The first-order valence-corrected chi connectivity index (χ1v) is 7.79. The van der Waals surface area contributed by atoms with Crippen molar-refractivity contribution in [3.05, 3.63) is 17.8 Å². The molecular weight excluding hydrogens is 274 g/mol. The van der Waals surface area contributed by atoms with Gasteiger partial charge in [-0.2, -0.15) is 11.8 Å². The summed E-state index contributed by atoms with van der Waals surface area (Å²) in [5.41, 5.74) is 6.94. The Morgan fingerprint density at radius 3 is 2.75 bits per heavy atom. The highest BCUT2D eigenvalue weighted by atomic mass is 32.2. The zero-order valence-electron chi connectivity index (χ0n) is 12.1. The Hall–Kier alpha value is -1.43. The molecule has 2 heterocycles. The lowest BCUT2D eigenvalue weighted by Crippen LogP contribution is -2.41. The number of esters is 1. The zero-order valence-corrected chi connectivity index (χ0v) is 12.9. The van der Waals surface area contributed by atoms with Gasteiger partial charge in [0.1, 0.15) is 0 Å². The number of thioether (sulfide) groups is 1. The number of rotatable bonds is 3. The van der Waals surface area contributed by atoms with Gasteiger partial charge in [-0.15, -0.1) is 0 Å². The number of ether oxygens (including phenoxy) is 1. The number of nitrogens with zero attached hydrogens (tertiary/aromatic N) is 2. The van der Waals surface area contributed by atoms with E-state index in [4.69, 9.17) is 10.5 Å². The van der Waals surface area contributed by atoms with Crippen molar-refractivity contribution in [2.24, 2.45) is 0 Å². The molecule has 2 unspecified atom stereocenters. The molecule has 1 aromatic rings. The topological polar surface area (TPSA) is 68.5 Å². The average Bonchev–Trinajstić information content (AvgIpc) is 2.38. The third-order valence-corrected chi connectivity index (χ3v) is 4.41. The lowest BCUT2D eigenvalue weighted by Gasteiger charge is -2.36. The summed E-state index contributed by atoms with van der Waals surface area (Å²) in [5, 5.41) is 1.04. The fraction of sp³-hybridized carbons (Fsp3) is 0.571. The summed E-state index contributed by atoms with van der Waals surface area (Å²) in [6, 6.07) is 1.61. The molecule has 0 amide bonds. The van der Waals surface area contributed by atoms with Crippen molar-refractivity contribution in [2.45, 2.75) is 31.3 Å². The van der Waals surface area contributed by atoms with E-state index in [9.17, 15) is 4.79 Å². The second kappa shape index (κ2) is 6.35. The van der Waals surface area contributed by atoms with Crippen molar-refractivity contribution in [3.63, 3.8) is 0 Å². The quantitative estimate of drug-likeness (QED) is 0.862. The Kier molecular flexibility index (Phi) is 4.75. The standard InChI is InChI=1S/C14H21N3O2S/c1-4-19-14(18)11-5-6-16-13(12(11)15)17-7-9(2)20-10(3)8-17/h5-6,9-10H,4,7-8,15H2,1-3H3. The number of hydrogen-bond donors (Lipinski definition) is 1. The van der Waals surface area contributed by atoms with Crippen LogP contribution in [0.25, 0.3) is 0 Å². The van der Waals surface area contributed by atoms with Crippen molar-refractivity contribution < 1.29 is 9.53 Å². The highest BCUT2D eigenvalue weighted by molar-refractivity contribution is 8.00. The van der Waals surface area contributed by atoms with Crippen LogP contribution in [0.4, 0.5) is 11.5 Å². The van der Waals surface area contributed by atoms with Gasteiger partial charge in [0.15, 0.2) is 5.82 Å². The first-order valence-electron chi connectivity index (χ1n) is 6.85.